The Morgan fingerprint density at radius 3 is 3.07 bits per heavy atom. The lowest BCUT2D eigenvalue weighted by Crippen LogP contribution is -2.08. The summed E-state index contributed by atoms with van der Waals surface area (Å²) in [6.45, 7) is 2.19. The summed E-state index contributed by atoms with van der Waals surface area (Å²) in [5.41, 5.74) is 0. The molecule has 1 rings (SSSR count). The number of hydrogen-bond donors (Lipinski definition) is 1. The fourth-order valence-electron chi connectivity index (χ4n) is 1.05. The van der Waals surface area contributed by atoms with Crippen LogP contribution in [0.25, 0.3) is 0 Å². The summed E-state index contributed by atoms with van der Waals surface area (Å²) in [6.07, 6.45) is 2.71. The maximum atomic E-state index is 5.47. The van der Waals surface area contributed by atoms with Gasteiger partial charge >= 0.3 is 0 Å². The third-order valence-corrected chi connectivity index (χ3v) is 2.53. The van der Waals surface area contributed by atoms with Gasteiger partial charge in [0, 0.05) is 25.2 Å². The standard InChI is InChI=1S/C10H14BrClN2O/c11-9-3-1-5-13-10(9)14-6-2-7-15-8-4-12/h1,3,5H,2,4,6-8H2,(H,13,14). The van der Waals surface area contributed by atoms with Crippen molar-refractivity contribution in [2.75, 3.05) is 31.0 Å². The average molecular weight is 294 g/mol. The van der Waals surface area contributed by atoms with Gasteiger partial charge in [0.25, 0.3) is 0 Å². The van der Waals surface area contributed by atoms with Crippen molar-refractivity contribution in [1.82, 2.24) is 4.98 Å². The van der Waals surface area contributed by atoms with E-state index in [0.29, 0.717) is 12.5 Å². The molecule has 0 aliphatic heterocycles. The predicted molar refractivity (Wildman–Crippen MR) is 66.6 cm³/mol. The molecule has 0 saturated carbocycles. The molecule has 0 saturated heterocycles. The van der Waals surface area contributed by atoms with Crippen LogP contribution in [0.5, 0.6) is 0 Å². The van der Waals surface area contributed by atoms with E-state index in [9.17, 15) is 0 Å². The van der Waals surface area contributed by atoms with Crippen LogP contribution in [0.15, 0.2) is 22.8 Å². The van der Waals surface area contributed by atoms with E-state index >= 15 is 0 Å². The molecular formula is C10H14BrClN2O. The van der Waals surface area contributed by atoms with Crippen LogP contribution in [0.4, 0.5) is 5.82 Å². The number of ether oxygens (including phenoxy) is 1. The molecule has 1 heterocycles. The van der Waals surface area contributed by atoms with E-state index in [2.05, 4.69) is 26.2 Å². The zero-order valence-corrected chi connectivity index (χ0v) is 10.7. The lowest BCUT2D eigenvalue weighted by atomic mass is 10.4. The van der Waals surface area contributed by atoms with Crippen molar-refractivity contribution < 1.29 is 4.74 Å². The van der Waals surface area contributed by atoms with Crippen LogP contribution in [0.1, 0.15) is 6.42 Å². The van der Waals surface area contributed by atoms with E-state index < -0.39 is 0 Å². The van der Waals surface area contributed by atoms with Crippen molar-refractivity contribution >= 4 is 33.3 Å². The summed E-state index contributed by atoms with van der Waals surface area (Å²) in [4.78, 5) is 4.19. The minimum Gasteiger partial charge on any atom is -0.380 e. The maximum Gasteiger partial charge on any atom is 0.140 e. The monoisotopic (exact) mass is 292 g/mol. The van der Waals surface area contributed by atoms with Crippen molar-refractivity contribution in [1.29, 1.82) is 0 Å². The first-order chi connectivity index (χ1) is 7.34. The predicted octanol–water partition coefficient (Wildman–Crippen LogP) is 2.90. The lowest BCUT2D eigenvalue weighted by molar-refractivity contribution is 0.149. The van der Waals surface area contributed by atoms with Crippen LogP contribution in [-0.4, -0.2) is 30.6 Å². The molecule has 0 aliphatic rings. The van der Waals surface area contributed by atoms with Gasteiger partial charge in [0.2, 0.25) is 0 Å². The smallest absolute Gasteiger partial charge is 0.140 e. The van der Waals surface area contributed by atoms with Crippen LogP contribution in [-0.2, 0) is 4.74 Å². The van der Waals surface area contributed by atoms with Gasteiger partial charge in [-0.2, -0.15) is 0 Å². The minimum absolute atomic E-state index is 0.555. The van der Waals surface area contributed by atoms with Crippen LogP contribution >= 0.6 is 27.5 Å². The molecule has 1 N–H and O–H groups in total. The SMILES string of the molecule is ClCCOCCCNc1ncccc1Br. The summed E-state index contributed by atoms with van der Waals surface area (Å²) in [7, 11) is 0. The highest BCUT2D eigenvalue weighted by molar-refractivity contribution is 9.10. The Bertz CT molecular complexity index is 286. The van der Waals surface area contributed by atoms with Gasteiger partial charge in [0.15, 0.2) is 0 Å². The van der Waals surface area contributed by atoms with Gasteiger partial charge in [-0.1, -0.05) is 0 Å². The molecule has 3 nitrogen and oxygen atoms in total. The van der Waals surface area contributed by atoms with Crippen LogP contribution in [0.2, 0.25) is 0 Å². The van der Waals surface area contributed by atoms with E-state index in [1.807, 2.05) is 12.1 Å². The van der Waals surface area contributed by atoms with E-state index in [-0.39, 0.29) is 0 Å². The van der Waals surface area contributed by atoms with Crippen molar-refractivity contribution in [2.24, 2.45) is 0 Å². The number of anilines is 1. The van der Waals surface area contributed by atoms with Crippen molar-refractivity contribution in [3.63, 3.8) is 0 Å². The van der Waals surface area contributed by atoms with E-state index in [4.69, 9.17) is 16.3 Å². The second kappa shape index (κ2) is 7.91. The topological polar surface area (TPSA) is 34.1 Å². The number of nitrogens with one attached hydrogen (secondary N) is 1. The Morgan fingerprint density at radius 1 is 1.47 bits per heavy atom. The Balaban J connectivity index is 2.12. The number of halogens is 2. The Labute approximate surface area is 103 Å². The fraction of sp³-hybridized carbons (Fsp3) is 0.500. The molecule has 5 heteroatoms. The molecule has 0 unspecified atom stereocenters. The first-order valence-electron chi connectivity index (χ1n) is 4.82. The van der Waals surface area contributed by atoms with Gasteiger partial charge < -0.3 is 10.1 Å². The van der Waals surface area contributed by atoms with Gasteiger partial charge in [-0.3, -0.25) is 0 Å². The number of nitrogens with zero attached hydrogens (tertiary/aromatic N) is 1. The number of aromatic nitrogens is 1. The molecule has 0 fully saturated rings. The summed E-state index contributed by atoms with van der Waals surface area (Å²) >= 11 is 8.89. The van der Waals surface area contributed by atoms with E-state index in [0.717, 1.165) is 29.9 Å². The van der Waals surface area contributed by atoms with E-state index in [1.54, 1.807) is 6.20 Å². The van der Waals surface area contributed by atoms with Gasteiger partial charge in [-0.05, 0) is 34.5 Å². The Morgan fingerprint density at radius 2 is 2.33 bits per heavy atom. The van der Waals surface area contributed by atoms with Gasteiger partial charge in [0.1, 0.15) is 5.82 Å². The quantitative estimate of drug-likeness (QED) is 0.620. The van der Waals surface area contributed by atoms with Crippen LogP contribution < -0.4 is 5.32 Å². The number of pyridine rings is 1. The lowest BCUT2D eigenvalue weighted by Gasteiger charge is -2.06. The Kier molecular flexibility index (Phi) is 6.72. The number of rotatable bonds is 7. The van der Waals surface area contributed by atoms with Gasteiger partial charge in [-0.25, -0.2) is 4.98 Å². The maximum absolute atomic E-state index is 5.47. The molecule has 0 atom stereocenters. The fourth-order valence-corrected chi connectivity index (χ4v) is 1.56. The molecule has 1 aromatic rings. The second-order valence-corrected chi connectivity index (χ2v) is 4.15. The normalized spacial score (nSPS) is 10.3. The number of alkyl halides is 1. The van der Waals surface area contributed by atoms with Crippen LogP contribution in [0, 0.1) is 0 Å². The highest BCUT2D eigenvalue weighted by Crippen LogP contribution is 2.17. The molecule has 15 heavy (non-hydrogen) atoms. The number of hydrogen-bond acceptors (Lipinski definition) is 3. The van der Waals surface area contributed by atoms with Crippen LogP contribution in [0.3, 0.4) is 0 Å². The zero-order valence-electron chi connectivity index (χ0n) is 8.38. The summed E-state index contributed by atoms with van der Waals surface area (Å²) < 4.78 is 6.23. The molecule has 0 aromatic carbocycles. The molecule has 0 radical (unpaired) electrons. The molecule has 0 spiro atoms. The minimum atomic E-state index is 0.555. The molecule has 0 aliphatic carbocycles. The first-order valence-corrected chi connectivity index (χ1v) is 6.15. The zero-order chi connectivity index (χ0) is 10.9. The molecular weight excluding hydrogens is 279 g/mol. The van der Waals surface area contributed by atoms with Crippen molar-refractivity contribution in [3.05, 3.63) is 22.8 Å². The van der Waals surface area contributed by atoms with Crippen molar-refractivity contribution in [2.45, 2.75) is 6.42 Å². The average Bonchev–Trinajstić information content (AvgIpc) is 2.25. The highest BCUT2D eigenvalue weighted by atomic mass is 79.9. The summed E-state index contributed by atoms with van der Waals surface area (Å²) in [5, 5.41) is 3.22. The second-order valence-electron chi connectivity index (χ2n) is 2.92. The first kappa shape index (κ1) is 12.7. The summed E-state index contributed by atoms with van der Waals surface area (Å²) in [5.74, 6) is 1.43. The third kappa shape index (κ3) is 5.35. The molecule has 0 amide bonds. The largest absolute Gasteiger partial charge is 0.380 e. The Hall–Kier alpha value is -0.320. The highest BCUT2D eigenvalue weighted by Gasteiger charge is 1.97. The molecule has 84 valence electrons. The van der Waals surface area contributed by atoms with Gasteiger partial charge in [-0.15, -0.1) is 11.6 Å². The molecule has 0 bridgehead atoms. The third-order valence-electron chi connectivity index (χ3n) is 1.74. The van der Waals surface area contributed by atoms with E-state index in [1.165, 1.54) is 0 Å². The van der Waals surface area contributed by atoms with Crippen molar-refractivity contribution in [3.8, 4) is 0 Å². The van der Waals surface area contributed by atoms with Gasteiger partial charge in [0.05, 0.1) is 11.1 Å². The molecule has 1 aromatic heterocycles. The summed E-state index contributed by atoms with van der Waals surface area (Å²) in [6, 6.07) is 3.85.